The highest BCUT2D eigenvalue weighted by Crippen LogP contribution is 2.38. The van der Waals surface area contributed by atoms with E-state index in [1.165, 1.54) is 11.1 Å². The minimum absolute atomic E-state index is 0.114. The van der Waals surface area contributed by atoms with Crippen molar-refractivity contribution in [1.82, 2.24) is 0 Å². The Morgan fingerprint density at radius 2 is 2.13 bits per heavy atom. The summed E-state index contributed by atoms with van der Waals surface area (Å²) in [5.74, 6) is 0. The number of hydrogen-bond donors (Lipinski definition) is 0. The van der Waals surface area contributed by atoms with Crippen molar-refractivity contribution in [1.29, 1.82) is 0 Å². The van der Waals surface area contributed by atoms with E-state index in [2.05, 4.69) is 32.9 Å². The summed E-state index contributed by atoms with van der Waals surface area (Å²) >= 11 is 0. The highest BCUT2D eigenvalue weighted by atomic mass is 16.6. The first-order valence-electron chi connectivity index (χ1n) is 5.66. The van der Waals surface area contributed by atoms with Gasteiger partial charge in [-0.05, 0) is 20.3 Å². The number of ether oxygens (including phenoxy) is 2. The Balaban J connectivity index is 2.16. The Bertz CT molecular complexity index is 298. The SMILES string of the molecule is CC1=CC(C)(C2COCCO2)CC(C)=C1. The summed E-state index contributed by atoms with van der Waals surface area (Å²) < 4.78 is 11.3. The molecule has 0 radical (unpaired) electrons. The Labute approximate surface area is 92.0 Å². The van der Waals surface area contributed by atoms with Crippen molar-refractivity contribution in [3.05, 3.63) is 23.3 Å². The lowest BCUT2D eigenvalue weighted by molar-refractivity contribution is -0.125. The second-order valence-electron chi connectivity index (χ2n) is 5.00. The third kappa shape index (κ3) is 2.32. The van der Waals surface area contributed by atoms with Crippen LogP contribution >= 0.6 is 0 Å². The monoisotopic (exact) mass is 208 g/mol. The van der Waals surface area contributed by atoms with Gasteiger partial charge in [0, 0.05) is 5.41 Å². The molecule has 2 nitrogen and oxygen atoms in total. The van der Waals surface area contributed by atoms with Gasteiger partial charge in [0.25, 0.3) is 0 Å². The predicted octanol–water partition coefficient (Wildman–Crippen LogP) is 2.70. The number of allylic oxidation sites excluding steroid dienone is 3. The molecule has 2 unspecified atom stereocenters. The van der Waals surface area contributed by atoms with E-state index in [1.54, 1.807) is 0 Å². The molecular formula is C13H20O2. The minimum Gasteiger partial charge on any atom is -0.376 e. The van der Waals surface area contributed by atoms with E-state index >= 15 is 0 Å². The van der Waals surface area contributed by atoms with Crippen LogP contribution in [0.25, 0.3) is 0 Å². The maximum Gasteiger partial charge on any atom is 0.0900 e. The van der Waals surface area contributed by atoms with E-state index in [-0.39, 0.29) is 11.5 Å². The summed E-state index contributed by atoms with van der Waals surface area (Å²) in [7, 11) is 0. The summed E-state index contributed by atoms with van der Waals surface area (Å²) in [6.45, 7) is 8.82. The zero-order valence-corrected chi connectivity index (χ0v) is 9.88. The molecule has 0 aromatic heterocycles. The molecule has 1 fully saturated rings. The van der Waals surface area contributed by atoms with Crippen molar-refractivity contribution in [2.45, 2.75) is 33.3 Å². The molecule has 0 saturated carbocycles. The van der Waals surface area contributed by atoms with E-state index in [0.717, 1.165) is 26.2 Å². The summed E-state index contributed by atoms with van der Waals surface area (Å²) in [6, 6.07) is 0. The highest BCUT2D eigenvalue weighted by Gasteiger charge is 2.36. The molecular weight excluding hydrogens is 188 g/mol. The molecule has 0 spiro atoms. The maximum atomic E-state index is 5.82. The van der Waals surface area contributed by atoms with E-state index in [0.29, 0.717) is 0 Å². The first-order valence-corrected chi connectivity index (χ1v) is 5.66. The van der Waals surface area contributed by atoms with Gasteiger partial charge in [-0.3, -0.25) is 0 Å². The van der Waals surface area contributed by atoms with Crippen molar-refractivity contribution in [3.63, 3.8) is 0 Å². The van der Waals surface area contributed by atoms with Gasteiger partial charge < -0.3 is 9.47 Å². The van der Waals surface area contributed by atoms with Gasteiger partial charge in [0.05, 0.1) is 25.9 Å². The fraction of sp³-hybridized carbons (Fsp3) is 0.692. The fourth-order valence-corrected chi connectivity index (χ4v) is 2.73. The van der Waals surface area contributed by atoms with Gasteiger partial charge in [-0.1, -0.05) is 30.2 Å². The Morgan fingerprint density at radius 1 is 1.33 bits per heavy atom. The molecule has 0 aromatic rings. The first kappa shape index (κ1) is 10.9. The molecule has 0 aromatic carbocycles. The normalized spacial score (nSPS) is 37.1. The molecule has 2 atom stereocenters. The minimum atomic E-state index is 0.114. The Hall–Kier alpha value is -0.600. The fourth-order valence-electron chi connectivity index (χ4n) is 2.73. The highest BCUT2D eigenvalue weighted by molar-refractivity contribution is 5.30. The van der Waals surface area contributed by atoms with Crippen LogP contribution in [0.2, 0.25) is 0 Å². The third-order valence-corrected chi connectivity index (χ3v) is 3.24. The van der Waals surface area contributed by atoms with Crippen LogP contribution in [0, 0.1) is 5.41 Å². The Kier molecular flexibility index (Phi) is 2.98. The molecule has 0 N–H and O–H groups in total. The van der Waals surface area contributed by atoms with Gasteiger partial charge >= 0.3 is 0 Å². The molecule has 1 aliphatic heterocycles. The van der Waals surface area contributed by atoms with Crippen LogP contribution < -0.4 is 0 Å². The largest absolute Gasteiger partial charge is 0.376 e. The molecule has 1 aliphatic carbocycles. The lowest BCUT2D eigenvalue weighted by Crippen LogP contribution is -2.42. The molecule has 1 heterocycles. The van der Waals surface area contributed by atoms with Crippen LogP contribution in [0.5, 0.6) is 0 Å². The van der Waals surface area contributed by atoms with Gasteiger partial charge in [0.15, 0.2) is 0 Å². The van der Waals surface area contributed by atoms with Gasteiger partial charge in [-0.2, -0.15) is 0 Å². The van der Waals surface area contributed by atoms with Gasteiger partial charge in [0.2, 0.25) is 0 Å². The van der Waals surface area contributed by atoms with Crippen molar-refractivity contribution in [2.24, 2.45) is 5.41 Å². The molecule has 1 saturated heterocycles. The molecule has 15 heavy (non-hydrogen) atoms. The van der Waals surface area contributed by atoms with Crippen LogP contribution in [0.3, 0.4) is 0 Å². The van der Waals surface area contributed by atoms with Crippen LogP contribution in [0.15, 0.2) is 23.3 Å². The maximum absolute atomic E-state index is 5.82. The summed E-state index contributed by atoms with van der Waals surface area (Å²) in [5.41, 5.74) is 2.89. The standard InChI is InChI=1S/C13H20O2/c1-10-6-11(2)8-13(3,7-10)12-9-14-4-5-15-12/h6-7,12H,4-5,8-9H2,1-3H3. The second kappa shape index (κ2) is 4.11. The van der Waals surface area contributed by atoms with Crippen molar-refractivity contribution >= 4 is 0 Å². The third-order valence-electron chi connectivity index (χ3n) is 3.24. The molecule has 2 heteroatoms. The van der Waals surface area contributed by atoms with Crippen molar-refractivity contribution in [2.75, 3.05) is 19.8 Å². The van der Waals surface area contributed by atoms with Crippen molar-refractivity contribution < 1.29 is 9.47 Å². The van der Waals surface area contributed by atoms with Gasteiger partial charge in [0.1, 0.15) is 0 Å². The van der Waals surface area contributed by atoms with Crippen LogP contribution in [-0.4, -0.2) is 25.9 Å². The van der Waals surface area contributed by atoms with Crippen LogP contribution in [-0.2, 0) is 9.47 Å². The molecule has 0 bridgehead atoms. The molecule has 84 valence electrons. The lowest BCUT2D eigenvalue weighted by atomic mass is 9.74. The quantitative estimate of drug-likeness (QED) is 0.659. The summed E-state index contributed by atoms with van der Waals surface area (Å²) in [4.78, 5) is 0. The van der Waals surface area contributed by atoms with Gasteiger partial charge in [-0.15, -0.1) is 0 Å². The topological polar surface area (TPSA) is 18.5 Å². The average molecular weight is 208 g/mol. The van der Waals surface area contributed by atoms with E-state index in [1.807, 2.05) is 0 Å². The zero-order valence-electron chi connectivity index (χ0n) is 9.88. The Morgan fingerprint density at radius 3 is 2.73 bits per heavy atom. The molecule has 0 amide bonds. The molecule has 2 rings (SSSR count). The number of hydrogen-bond acceptors (Lipinski definition) is 2. The van der Waals surface area contributed by atoms with Crippen LogP contribution in [0.4, 0.5) is 0 Å². The van der Waals surface area contributed by atoms with E-state index < -0.39 is 0 Å². The first-order chi connectivity index (χ1) is 7.10. The lowest BCUT2D eigenvalue weighted by Gasteiger charge is -2.39. The van der Waals surface area contributed by atoms with Crippen LogP contribution in [0.1, 0.15) is 27.2 Å². The average Bonchev–Trinajstić information content (AvgIpc) is 2.17. The van der Waals surface area contributed by atoms with Crippen molar-refractivity contribution in [3.8, 4) is 0 Å². The summed E-state index contributed by atoms with van der Waals surface area (Å²) in [5, 5.41) is 0. The predicted molar refractivity (Wildman–Crippen MR) is 60.8 cm³/mol. The smallest absolute Gasteiger partial charge is 0.0900 e. The zero-order chi connectivity index (χ0) is 10.9. The molecule has 2 aliphatic rings. The van der Waals surface area contributed by atoms with E-state index in [9.17, 15) is 0 Å². The second-order valence-corrected chi connectivity index (χ2v) is 5.00. The van der Waals surface area contributed by atoms with E-state index in [4.69, 9.17) is 9.47 Å². The summed E-state index contributed by atoms with van der Waals surface area (Å²) in [6.07, 6.45) is 5.88. The number of rotatable bonds is 1. The van der Waals surface area contributed by atoms with Gasteiger partial charge in [-0.25, -0.2) is 0 Å².